The number of aryl methyl sites for hydroxylation is 1. The van der Waals surface area contributed by atoms with E-state index in [0.29, 0.717) is 0 Å². The van der Waals surface area contributed by atoms with Crippen LogP contribution in [-0.4, -0.2) is 23.8 Å². The van der Waals surface area contributed by atoms with Crippen molar-refractivity contribution in [3.63, 3.8) is 0 Å². The van der Waals surface area contributed by atoms with E-state index >= 15 is 0 Å². The minimum absolute atomic E-state index is 0.828. The third kappa shape index (κ3) is 3.61. The average molecular weight is 384 g/mol. The second-order valence-corrected chi connectivity index (χ2v) is 7.01. The maximum atomic E-state index is 5.33. The molecule has 29 heavy (non-hydrogen) atoms. The molecule has 146 valence electrons. The van der Waals surface area contributed by atoms with Gasteiger partial charge in [-0.3, -0.25) is 0 Å². The molecule has 0 amide bonds. The van der Waals surface area contributed by atoms with Gasteiger partial charge in [0.2, 0.25) is 0 Å². The van der Waals surface area contributed by atoms with Crippen LogP contribution in [-0.2, 0) is 7.05 Å². The smallest absolute Gasteiger partial charge is 0.140 e. The van der Waals surface area contributed by atoms with Gasteiger partial charge in [0.1, 0.15) is 17.3 Å². The highest BCUT2D eigenvalue weighted by Crippen LogP contribution is 2.36. The summed E-state index contributed by atoms with van der Waals surface area (Å²) in [5.74, 6) is 2.59. The van der Waals surface area contributed by atoms with Gasteiger partial charge in [0.25, 0.3) is 0 Å². The van der Waals surface area contributed by atoms with Crippen LogP contribution in [0.1, 0.15) is 5.56 Å². The van der Waals surface area contributed by atoms with Crippen molar-refractivity contribution in [1.82, 2.24) is 9.55 Å². The molecule has 0 saturated carbocycles. The molecule has 0 atom stereocenters. The first-order chi connectivity index (χ1) is 14.1. The molecule has 0 aliphatic carbocycles. The lowest BCUT2D eigenvalue weighted by Gasteiger charge is -2.09. The Hall–Kier alpha value is -3.53. The Morgan fingerprint density at radius 1 is 0.655 bits per heavy atom. The van der Waals surface area contributed by atoms with Gasteiger partial charge < -0.3 is 14.0 Å². The number of aromatic nitrogens is 2. The largest absolute Gasteiger partial charge is 0.497 e. The fraction of sp³-hybridized carbons (Fsp3) is 0.160. The van der Waals surface area contributed by atoms with E-state index < -0.39 is 0 Å². The lowest BCUT2D eigenvalue weighted by Crippen LogP contribution is -1.96. The summed E-state index contributed by atoms with van der Waals surface area (Å²) < 4.78 is 12.8. The summed E-state index contributed by atoms with van der Waals surface area (Å²) in [6.07, 6.45) is 0. The molecule has 4 nitrogen and oxygen atoms in total. The quantitative estimate of drug-likeness (QED) is 0.440. The van der Waals surface area contributed by atoms with Gasteiger partial charge in [-0.1, -0.05) is 29.8 Å². The standard InChI is InChI=1S/C25H24N2O2/c1-17-5-7-20(8-6-17)25-26-23(18-9-13-21(28-3)14-10-18)24(27(25)2)19-11-15-22(29-4)16-12-19/h5-16H,1-4H3. The van der Waals surface area contributed by atoms with Crippen molar-refractivity contribution in [2.24, 2.45) is 7.05 Å². The number of benzene rings is 3. The predicted molar refractivity (Wildman–Crippen MR) is 117 cm³/mol. The fourth-order valence-corrected chi connectivity index (χ4v) is 3.49. The molecule has 1 aromatic heterocycles. The Labute approximate surface area is 171 Å². The van der Waals surface area contributed by atoms with Crippen molar-refractivity contribution >= 4 is 0 Å². The van der Waals surface area contributed by atoms with Gasteiger partial charge in [-0.2, -0.15) is 0 Å². The number of rotatable bonds is 5. The van der Waals surface area contributed by atoms with Crippen molar-refractivity contribution in [3.8, 4) is 45.4 Å². The van der Waals surface area contributed by atoms with E-state index in [4.69, 9.17) is 14.5 Å². The van der Waals surface area contributed by atoms with Crippen LogP contribution in [0.25, 0.3) is 33.9 Å². The molecular formula is C25H24N2O2. The summed E-state index contributed by atoms with van der Waals surface area (Å²) in [4.78, 5) is 5.05. The first-order valence-electron chi connectivity index (χ1n) is 9.53. The molecule has 3 aromatic carbocycles. The lowest BCUT2D eigenvalue weighted by atomic mass is 10.0. The zero-order chi connectivity index (χ0) is 20.4. The van der Waals surface area contributed by atoms with Crippen molar-refractivity contribution < 1.29 is 9.47 Å². The minimum Gasteiger partial charge on any atom is -0.497 e. The van der Waals surface area contributed by atoms with Crippen LogP contribution in [0.4, 0.5) is 0 Å². The average Bonchev–Trinajstić information content (AvgIpc) is 3.11. The van der Waals surface area contributed by atoms with Gasteiger partial charge in [-0.05, 0) is 55.5 Å². The molecule has 0 fully saturated rings. The van der Waals surface area contributed by atoms with E-state index in [2.05, 4.69) is 54.9 Å². The molecule has 0 unspecified atom stereocenters. The number of ether oxygens (including phenoxy) is 2. The van der Waals surface area contributed by atoms with Crippen molar-refractivity contribution in [2.75, 3.05) is 14.2 Å². The van der Waals surface area contributed by atoms with Gasteiger partial charge in [0.05, 0.1) is 25.6 Å². The van der Waals surface area contributed by atoms with Crippen LogP contribution >= 0.6 is 0 Å². The molecule has 0 radical (unpaired) electrons. The Bertz CT molecular complexity index is 1110. The maximum absolute atomic E-state index is 5.33. The summed E-state index contributed by atoms with van der Waals surface area (Å²) >= 11 is 0. The first-order valence-corrected chi connectivity index (χ1v) is 9.53. The van der Waals surface area contributed by atoms with Crippen molar-refractivity contribution in [2.45, 2.75) is 6.92 Å². The van der Waals surface area contributed by atoms with E-state index in [1.165, 1.54) is 5.56 Å². The number of methoxy groups -OCH3 is 2. The van der Waals surface area contributed by atoms with E-state index in [-0.39, 0.29) is 0 Å². The normalized spacial score (nSPS) is 10.8. The van der Waals surface area contributed by atoms with Gasteiger partial charge in [0, 0.05) is 23.7 Å². The summed E-state index contributed by atoms with van der Waals surface area (Å²) in [6.45, 7) is 2.09. The van der Waals surface area contributed by atoms with Crippen LogP contribution in [0.3, 0.4) is 0 Å². The zero-order valence-corrected chi connectivity index (χ0v) is 17.1. The van der Waals surface area contributed by atoms with Crippen LogP contribution in [0.2, 0.25) is 0 Å². The second kappa shape index (κ2) is 7.84. The third-order valence-electron chi connectivity index (χ3n) is 5.13. The molecule has 0 bridgehead atoms. The van der Waals surface area contributed by atoms with Gasteiger partial charge in [-0.25, -0.2) is 4.98 Å². The Morgan fingerprint density at radius 3 is 1.66 bits per heavy atom. The maximum Gasteiger partial charge on any atom is 0.140 e. The lowest BCUT2D eigenvalue weighted by molar-refractivity contribution is 0.414. The topological polar surface area (TPSA) is 36.3 Å². The molecule has 4 rings (SSSR count). The second-order valence-electron chi connectivity index (χ2n) is 7.01. The van der Waals surface area contributed by atoms with Crippen LogP contribution in [0.5, 0.6) is 11.5 Å². The third-order valence-corrected chi connectivity index (χ3v) is 5.13. The van der Waals surface area contributed by atoms with E-state index in [1.54, 1.807) is 14.2 Å². The highest BCUT2D eigenvalue weighted by Gasteiger charge is 2.19. The van der Waals surface area contributed by atoms with E-state index in [1.807, 2.05) is 36.4 Å². The summed E-state index contributed by atoms with van der Waals surface area (Å²) in [7, 11) is 5.42. The highest BCUT2D eigenvalue weighted by molar-refractivity contribution is 5.82. The Balaban J connectivity index is 1.91. The molecule has 4 heteroatoms. The molecular weight excluding hydrogens is 360 g/mol. The summed E-state index contributed by atoms with van der Waals surface area (Å²) in [6, 6.07) is 24.6. The first kappa shape index (κ1) is 18.8. The number of imidazole rings is 1. The van der Waals surface area contributed by atoms with Crippen molar-refractivity contribution in [3.05, 3.63) is 78.4 Å². The number of hydrogen-bond donors (Lipinski definition) is 0. The monoisotopic (exact) mass is 384 g/mol. The SMILES string of the molecule is COc1ccc(-c2nc(-c3ccc(C)cc3)n(C)c2-c2ccc(OC)cc2)cc1. The zero-order valence-electron chi connectivity index (χ0n) is 17.1. The van der Waals surface area contributed by atoms with Crippen LogP contribution in [0.15, 0.2) is 72.8 Å². The van der Waals surface area contributed by atoms with Gasteiger partial charge in [0.15, 0.2) is 0 Å². The number of nitrogens with zero attached hydrogens (tertiary/aromatic N) is 2. The highest BCUT2D eigenvalue weighted by atomic mass is 16.5. The molecule has 0 saturated heterocycles. The van der Waals surface area contributed by atoms with E-state index in [0.717, 1.165) is 45.4 Å². The van der Waals surface area contributed by atoms with Gasteiger partial charge >= 0.3 is 0 Å². The molecule has 4 aromatic rings. The van der Waals surface area contributed by atoms with Crippen LogP contribution in [0, 0.1) is 6.92 Å². The molecule has 0 spiro atoms. The summed E-state index contributed by atoms with van der Waals surface area (Å²) in [5.41, 5.74) is 6.46. The number of hydrogen-bond acceptors (Lipinski definition) is 3. The van der Waals surface area contributed by atoms with Crippen molar-refractivity contribution in [1.29, 1.82) is 0 Å². The van der Waals surface area contributed by atoms with Crippen LogP contribution < -0.4 is 9.47 Å². The van der Waals surface area contributed by atoms with E-state index in [9.17, 15) is 0 Å². The molecule has 0 aliphatic rings. The molecule has 1 heterocycles. The minimum atomic E-state index is 0.828. The summed E-state index contributed by atoms with van der Waals surface area (Å²) in [5, 5.41) is 0. The van der Waals surface area contributed by atoms with Gasteiger partial charge in [-0.15, -0.1) is 0 Å². The Morgan fingerprint density at radius 2 is 1.14 bits per heavy atom. The Kier molecular flexibility index (Phi) is 5.09. The molecule has 0 N–H and O–H groups in total. The molecule has 0 aliphatic heterocycles. The fourth-order valence-electron chi connectivity index (χ4n) is 3.49. The predicted octanol–water partition coefficient (Wildman–Crippen LogP) is 5.75.